The molecule has 0 aliphatic rings. The number of hydrogen-bond donors (Lipinski definition) is 2. The lowest BCUT2D eigenvalue weighted by Crippen LogP contribution is -2.38. The van der Waals surface area contributed by atoms with Gasteiger partial charge in [0.1, 0.15) is 0 Å². The normalized spacial score (nSPS) is 12.3. The molecule has 4 nitrogen and oxygen atoms in total. The van der Waals surface area contributed by atoms with Gasteiger partial charge in [-0.2, -0.15) is 0 Å². The summed E-state index contributed by atoms with van der Waals surface area (Å²) in [4.78, 5) is 24.0. The molecule has 0 fully saturated rings. The third-order valence-electron chi connectivity index (χ3n) is 4.18. The third kappa shape index (κ3) is 3.84. The number of aromatic carboxylic acids is 1. The van der Waals surface area contributed by atoms with E-state index in [0.29, 0.717) is 17.0 Å². The average molecular weight is 291 g/mol. The lowest BCUT2D eigenvalue weighted by molar-refractivity contribution is 0.0689. The van der Waals surface area contributed by atoms with E-state index >= 15 is 0 Å². The number of benzene rings is 1. The SMILES string of the molecule is CCC(CC)C(C)NC(=O)c1c(C)ccc(C)c1C(=O)O. The third-order valence-corrected chi connectivity index (χ3v) is 4.18. The number of amides is 1. The molecule has 4 heteroatoms. The molecule has 1 atom stereocenters. The fourth-order valence-corrected chi connectivity index (χ4v) is 2.77. The van der Waals surface area contributed by atoms with Gasteiger partial charge in [0.25, 0.3) is 5.91 Å². The Morgan fingerprint density at radius 1 is 1.10 bits per heavy atom. The number of rotatable bonds is 6. The molecule has 0 saturated heterocycles. The summed E-state index contributed by atoms with van der Waals surface area (Å²) in [7, 11) is 0. The zero-order chi connectivity index (χ0) is 16.2. The van der Waals surface area contributed by atoms with Crippen molar-refractivity contribution in [3.05, 3.63) is 34.4 Å². The fourth-order valence-electron chi connectivity index (χ4n) is 2.77. The van der Waals surface area contributed by atoms with Crippen LogP contribution in [0.5, 0.6) is 0 Å². The van der Waals surface area contributed by atoms with Crippen molar-refractivity contribution in [3.63, 3.8) is 0 Å². The average Bonchev–Trinajstić information content (AvgIpc) is 2.41. The van der Waals surface area contributed by atoms with E-state index in [1.165, 1.54) is 0 Å². The van der Waals surface area contributed by atoms with E-state index in [4.69, 9.17) is 0 Å². The summed E-state index contributed by atoms with van der Waals surface area (Å²) in [6.45, 7) is 9.64. The standard InChI is InChI=1S/C17H25NO3/c1-6-13(7-2)12(5)18-16(19)14-10(3)8-9-11(4)15(14)17(20)21/h8-9,12-13H,6-7H2,1-5H3,(H,18,19)(H,20,21). The molecule has 0 heterocycles. The summed E-state index contributed by atoms with van der Waals surface area (Å²) in [5.41, 5.74) is 1.67. The highest BCUT2D eigenvalue weighted by atomic mass is 16.4. The van der Waals surface area contributed by atoms with E-state index < -0.39 is 5.97 Å². The molecule has 21 heavy (non-hydrogen) atoms. The minimum Gasteiger partial charge on any atom is -0.478 e. The van der Waals surface area contributed by atoms with E-state index in [1.54, 1.807) is 26.0 Å². The van der Waals surface area contributed by atoms with E-state index in [-0.39, 0.29) is 23.1 Å². The van der Waals surface area contributed by atoms with Crippen LogP contribution in [-0.2, 0) is 0 Å². The molecule has 1 rings (SSSR count). The Hall–Kier alpha value is -1.84. The van der Waals surface area contributed by atoms with Crippen molar-refractivity contribution in [2.45, 2.75) is 53.5 Å². The predicted molar refractivity (Wildman–Crippen MR) is 83.9 cm³/mol. The van der Waals surface area contributed by atoms with Crippen LogP contribution in [0, 0.1) is 19.8 Å². The maximum Gasteiger partial charge on any atom is 0.336 e. The van der Waals surface area contributed by atoms with Gasteiger partial charge in [0.2, 0.25) is 0 Å². The highest BCUT2D eigenvalue weighted by Gasteiger charge is 2.23. The first-order valence-electron chi connectivity index (χ1n) is 7.47. The topological polar surface area (TPSA) is 66.4 Å². The molecule has 0 saturated carbocycles. The Balaban J connectivity index is 3.13. The van der Waals surface area contributed by atoms with Crippen LogP contribution in [0.4, 0.5) is 0 Å². The van der Waals surface area contributed by atoms with Gasteiger partial charge in [-0.15, -0.1) is 0 Å². The Bertz CT molecular complexity index is 533. The van der Waals surface area contributed by atoms with Gasteiger partial charge in [0.15, 0.2) is 0 Å². The molecular formula is C17H25NO3. The van der Waals surface area contributed by atoms with Gasteiger partial charge in [-0.05, 0) is 37.8 Å². The minimum absolute atomic E-state index is 0.0223. The van der Waals surface area contributed by atoms with Crippen LogP contribution >= 0.6 is 0 Å². The molecule has 1 amide bonds. The van der Waals surface area contributed by atoms with Gasteiger partial charge in [0.05, 0.1) is 11.1 Å². The summed E-state index contributed by atoms with van der Waals surface area (Å²) < 4.78 is 0. The minimum atomic E-state index is -1.06. The lowest BCUT2D eigenvalue weighted by atomic mass is 9.93. The summed E-state index contributed by atoms with van der Waals surface area (Å²) in [6, 6.07) is 3.55. The molecule has 0 spiro atoms. The van der Waals surface area contributed by atoms with Crippen LogP contribution in [0.3, 0.4) is 0 Å². The fraction of sp³-hybridized carbons (Fsp3) is 0.529. The molecule has 2 N–H and O–H groups in total. The van der Waals surface area contributed by atoms with Gasteiger partial charge in [-0.1, -0.05) is 38.8 Å². The van der Waals surface area contributed by atoms with Gasteiger partial charge < -0.3 is 10.4 Å². The molecule has 0 aliphatic heterocycles. The number of carboxylic acids is 1. The Morgan fingerprint density at radius 3 is 2.00 bits per heavy atom. The molecule has 0 bridgehead atoms. The second-order valence-corrected chi connectivity index (χ2v) is 5.59. The molecule has 1 aromatic carbocycles. The van der Waals surface area contributed by atoms with Gasteiger partial charge in [-0.25, -0.2) is 4.79 Å². The largest absolute Gasteiger partial charge is 0.478 e. The molecule has 1 unspecified atom stereocenters. The summed E-state index contributed by atoms with van der Waals surface area (Å²) >= 11 is 0. The summed E-state index contributed by atoms with van der Waals surface area (Å²) in [6.07, 6.45) is 1.97. The van der Waals surface area contributed by atoms with Crippen molar-refractivity contribution in [2.75, 3.05) is 0 Å². The van der Waals surface area contributed by atoms with Crippen LogP contribution in [0.15, 0.2) is 12.1 Å². The zero-order valence-corrected chi connectivity index (χ0v) is 13.5. The summed E-state index contributed by atoms with van der Waals surface area (Å²) in [5.74, 6) is -0.961. The van der Waals surface area contributed by atoms with Crippen molar-refractivity contribution >= 4 is 11.9 Å². The number of carbonyl (C=O) groups excluding carboxylic acids is 1. The molecule has 0 radical (unpaired) electrons. The van der Waals surface area contributed by atoms with Crippen LogP contribution < -0.4 is 5.32 Å². The first kappa shape index (κ1) is 17.2. The van der Waals surface area contributed by atoms with Crippen LogP contribution in [0.25, 0.3) is 0 Å². The molecule has 1 aromatic rings. The Labute approximate surface area is 126 Å². The van der Waals surface area contributed by atoms with E-state index in [1.807, 2.05) is 6.92 Å². The van der Waals surface area contributed by atoms with E-state index in [9.17, 15) is 14.7 Å². The highest BCUT2D eigenvalue weighted by molar-refractivity contribution is 6.06. The number of carboxylic acid groups (broad SMARTS) is 1. The number of nitrogens with one attached hydrogen (secondary N) is 1. The highest BCUT2D eigenvalue weighted by Crippen LogP contribution is 2.20. The molecule has 116 valence electrons. The Morgan fingerprint density at radius 2 is 1.57 bits per heavy atom. The van der Waals surface area contributed by atoms with Crippen molar-refractivity contribution in [1.82, 2.24) is 5.32 Å². The maximum atomic E-state index is 12.5. The van der Waals surface area contributed by atoms with Crippen LogP contribution in [-0.4, -0.2) is 23.0 Å². The van der Waals surface area contributed by atoms with Crippen molar-refractivity contribution in [3.8, 4) is 0 Å². The predicted octanol–water partition coefficient (Wildman–Crippen LogP) is 3.56. The molecular weight excluding hydrogens is 266 g/mol. The van der Waals surface area contributed by atoms with E-state index in [2.05, 4.69) is 19.2 Å². The van der Waals surface area contributed by atoms with Crippen molar-refractivity contribution < 1.29 is 14.7 Å². The van der Waals surface area contributed by atoms with Gasteiger partial charge in [-0.3, -0.25) is 4.79 Å². The first-order valence-corrected chi connectivity index (χ1v) is 7.47. The van der Waals surface area contributed by atoms with Gasteiger partial charge in [0, 0.05) is 6.04 Å². The quantitative estimate of drug-likeness (QED) is 0.842. The Kier molecular flexibility index (Phi) is 5.94. The van der Waals surface area contributed by atoms with E-state index in [0.717, 1.165) is 12.8 Å². The molecule has 0 aromatic heterocycles. The van der Waals surface area contributed by atoms with Crippen molar-refractivity contribution in [2.24, 2.45) is 5.92 Å². The summed E-state index contributed by atoms with van der Waals surface area (Å²) in [5, 5.41) is 12.3. The lowest BCUT2D eigenvalue weighted by Gasteiger charge is -2.23. The van der Waals surface area contributed by atoms with Crippen LogP contribution in [0.2, 0.25) is 0 Å². The number of carbonyl (C=O) groups is 2. The monoisotopic (exact) mass is 291 g/mol. The molecule has 0 aliphatic carbocycles. The number of hydrogen-bond acceptors (Lipinski definition) is 2. The second kappa shape index (κ2) is 7.25. The smallest absolute Gasteiger partial charge is 0.336 e. The van der Waals surface area contributed by atoms with Crippen molar-refractivity contribution in [1.29, 1.82) is 0 Å². The number of aryl methyl sites for hydroxylation is 2. The van der Waals surface area contributed by atoms with Gasteiger partial charge >= 0.3 is 5.97 Å². The first-order chi connectivity index (χ1) is 9.83. The second-order valence-electron chi connectivity index (χ2n) is 5.59. The maximum absolute atomic E-state index is 12.5. The zero-order valence-electron chi connectivity index (χ0n) is 13.5. The van der Waals surface area contributed by atoms with Crippen LogP contribution in [0.1, 0.15) is 65.5 Å².